The van der Waals surface area contributed by atoms with Crippen molar-refractivity contribution in [1.82, 2.24) is 15.2 Å². The molecule has 2 rings (SSSR count). The van der Waals surface area contributed by atoms with Crippen molar-refractivity contribution in [3.05, 3.63) is 40.1 Å². The van der Waals surface area contributed by atoms with Gasteiger partial charge in [0, 0.05) is 17.2 Å². The van der Waals surface area contributed by atoms with Crippen LogP contribution in [0.3, 0.4) is 0 Å². The lowest BCUT2D eigenvalue weighted by Gasteiger charge is -2.02. The Kier molecular flexibility index (Phi) is 2.65. The topological polar surface area (TPSA) is 108 Å². The van der Waals surface area contributed by atoms with Crippen LogP contribution < -0.4 is 5.73 Å². The maximum atomic E-state index is 10.8. The molecule has 7 heteroatoms. The fourth-order valence-electron chi connectivity index (χ4n) is 1.42. The molecule has 0 saturated heterocycles. The van der Waals surface area contributed by atoms with Gasteiger partial charge in [-0.2, -0.15) is 5.10 Å². The number of anilines is 1. The summed E-state index contributed by atoms with van der Waals surface area (Å²) in [4.78, 5) is 14.3. The van der Waals surface area contributed by atoms with Crippen molar-refractivity contribution in [2.24, 2.45) is 0 Å². The molecule has 1 heterocycles. The summed E-state index contributed by atoms with van der Waals surface area (Å²) in [6.45, 7) is 1.68. The van der Waals surface area contributed by atoms with Gasteiger partial charge in [-0.25, -0.2) is 4.98 Å². The van der Waals surface area contributed by atoms with Gasteiger partial charge in [-0.3, -0.25) is 10.1 Å². The van der Waals surface area contributed by atoms with Crippen molar-refractivity contribution < 1.29 is 4.92 Å². The number of aryl methyl sites for hydroxylation is 1. The van der Waals surface area contributed by atoms with E-state index in [9.17, 15) is 10.1 Å². The lowest BCUT2D eigenvalue weighted by atomic mass is 10.1. The molecule has 1 aromatic carbocycles. The maximum Gasteiger partial charge on any atom is 0.272 e. The lowest BCUT2D eigenvalue weighted by Crippen LogP contribution is -1.99. The minimum atomic E-state index is -0.434. The van der Waals surface area contributed by atoms with E-state index in [1.165, 1.54) is 12.3 Å². The highest BCUT2D eigenvalue weighted by Gasteiger charge is 2.12. The van der Waals surface area contributed by atoms with Crippen molar-refractivity contribution in [2.75, 3.05) is 5.73 Å². The third-order valence-electron chi connectivity index (χ3n) is 2.28. The summed E-state index contributed by atoms with van der Waals surface area (Å²) >= 11 is 0. The Balaban J connectivity index is 2.54. The Morgan fingerprint density at radius 3 is 2.82 bits per heavy atom. The second kappa shape index (κ2) is 4.12. The van der Waals surface area contributed by atoms with E-state index in [0.717, 1.165) is 0 Å². The number of hydrogen-bond acceptors (Lipinski definition) is 6. The fraction of sp³-hybridized carbons (Fsp3) is 0.100. The number of aromatic nitrogens is 3. The molecule has 0 amide bonds. The van der Waals surface area contributed by atoms with E-state index in [1.54, 1.807) is 19.1 Å². The van der Waals surface area contributed by atoms with Crippen molar-refractivity contribution in [3.63, 3.8) is 0 Å². The predicted octanol–water partition coefficient (Wildman–Crippen LogP) is 1.34. The van der Waals surface area contributed by atoms with E-state index in [1.807, 2.05) is 0 Å². The Morgan fingerprint density at radius 1 is 1.41 bits per heavy atom. The number of rotatable bonds is 2. The highest BCUT2D eigenvalue weighted by molar-refractivity contribution is 5.63. The predicted molar refractivity (Wildman–Crippen MR) is 61.1 cm³/mol. The summed E-state index contributed by atoms with van der Waals surface area (Å²) in [5.74, 6) is 0.0331. The molecule has 1 aromatic heterocycles. The van der Waals surface area contributed by atoms with E-state index in [2.05, 4.69) is 15.2 Å². The molecule has 0 unspecified atom stereocenters. The molecule has 0 spiro atoms. The molecule has 17 heavy (non-hydrogen) atoms. The largest absolute Gasteiger partial charge is 0.366 e. The molecular formula is C10H9N5O2. The minimum Gasteiger partial charge on any atom is -0.366 e. The number of nitrogen functional groups attached to an aromatic ring is 1. The van der Waals surface area contributed by atoms with Crippen LogP contribution in [0.5, 0.6) is 0 Å². The number of nitro groups is 1. The number of nitro benzene ring substituents is 1. The summed E-state index contributed by atoms with van der Waals surface area (Å²) in [5, 5.41) is 18.0. The van der Waals surface area contributed by atoms with Crippen molar-refractivity contribution in [2.45, 2.75) is 6.92 Å². The van der Waals surface area contributed by atoms with Gasteiger partial charge in [0.25, 0.3) is 5.69 Å². The molecule has 2 aromatic rings. The van der Waals surface area contributed by atoms with Crippen molar-refractivity contribution >= 4 is 11.6 Å². The number of nitrogens with two attached hydrogens (primary N) is 1. The quantitative estimate of drug-likeness (QED) is 0.617. The summed E-state index contributed by atoms with van der Waals surface area (Å²) in [5.41, 5.74) is 7.08. The van der Waals surface area contributed by atoms with E-state index < -0.39 is 4.92 Å². The zero-order valence-electron chi connectivity index (χ0n) is 8.99. The molecule has 7 nitrogen and oxygen atoms in total. The third-order valence-corrected chi connectivity index (χ3v) is 2.28. The smallest absolute Gasteiger partial charge is 0.272 e. The summed E-state index contributed by atoms with van der Waals surface area (Å²) < 4.78 is 0. The van der Waals surface area contributed by atoms with E-state index in [4.69, 9.17) is 5.73 Å². The van der Waals surface area contributed by atoms with Crippen LogP contribution in [0.2, 0.25) is 0 Å². The molecule has 0 fully saturated rings. The SMILES string of the molecule is Cc1ccc(-c2cnnc(N)n2)cc1[N+](=O)[O-]. The number of nitrogens with zero attached hydrogens (tertiary/aromatic N) is 4. The molecule has 0 aliphatic carbocycles. The fourth-order valence-corrected chi connectivity index (χ4v) is 1.42. The van der Waals surface area contributed by atoms with E-state index in [-0.39, 0.29) is 11.6 Å². The Bertz CT molecular complexity index is 585. The lowest BCUT2D eigenvalue weighted by molar-refractivity contribution is -0.385. The average Bonchev–Trinajstić information content (AvgIpc) is 2.29. The first-order valence-corrected chi connectivity index (χ1v) is 4.78. The molecule has 0 aliphatic rings. The second-order valence-electron chi connectivity index (χ2n) is 3.46. The molecule has 0 bridgehead atoms. The van der Waals surface area contributed by atoms with Crippen LogP contribution in [-0.2, 0) is 0 Å². The molecule has 0 aliphatic heterocycles. The van der Waals surface area contributed by atoms with Crippen LogP contribution in [-0.4, -0.2) is 20.1 Å². The van der Waals surface area contributed by atoms with Gasteiger partial charge in [0.2, 0.25) is 5.95 Å². The van der Waals surface area contributed by atoms with Crippen molar-refractivity contribution in [1.29, 1.82) is 0 Å². The maximum absolute atomic E-state index is 10.8. The Labute approximate surface area is 96.5 Å². The molecule has 2 N–H and O–H groups in total. The normalized spacial score (nSPS) is 10.2. The van der Waals surface area contributed by atoms with Crippen molar-refractivity contribution in [3.8, 4) is 11.3 Å². The highest BCUT2D eigenvalue weighted by atomic mass is 16.6. The average molecular weight is 231 g/mol. The zero-order valence-corrected chi connectivity index (χ0v) is 8.99. The van der Waals surface area contributed by atoms with Gasteiger partial charge in [-0.05, 0) is 6.92 Å². The monoisotopic (exact) mass is 231 g/mol. The first-order valence-electron chi connectivity index (χ1n) is 4.78. The summed E-state index contributed by atoms with van der Waals surface area (Å²) in [7, 11) is 0. The van der Waals surface area contributed by atoms with Crippen LogP contribution in [0.4, 0.5) is 11.6 Å². The van der Waals surface area contributed by atoms with Gasteiger partial charge >= 0.3 is 0 Å². The standard InChI is InChI=1S/C10H9N5O2/c1-6-2-3-7(4-9(6)15(16)17)8-5-12-14-10(11)13-8/h2-5H,1H3,(H2,11,13,14). The molecule has 0 radical (unpaired) electrons. The van der Waals surface area contributed by atoms with Gasteiger partial charge in [-0.15, -0.1) is 5.10 Å². The van der Waals surface area contributed by atoms with E-state index in [0.29, 0.717) is 16.8 Å². The zero-order chi connectivity index (χ0) is 12.4. The molecule has 0 saturated carbocycles. The first kappa shape index (κ1) is 10.9. The Hall–Kier alpha value is -2.57. The second-order valence-corrected chi connectivity index (χ2v) is 3.46. The Morgan fingerprint density at radius 2 is 2.18 bits per heavy atom. The third kappa shape index (κ3) is 2.17. The van der Waals surface area contributed by atoms with Gasteiger partial charge < -0.3 is 5.73 Å². The highest BCUT2D eigenvalue weighted by Crippen LogP contribution is 2.25. The molecular weight excluding hydrogens is 222 g/mol. The summed E-state index contributed by atoms with van der Waals surface area (Å²) in [6, 6.07) is 4.83. The molecule has 86 valence electrons. The van der Waals surface area contributed by atoms with Gasteiger partial charge in [0.15, 0.2) is 0 Å². The minimum absolute atomic E-state index is 0.0331. The van der Waals surface area contributed by atoms with Crippen LogP contribution in [0.15, 0.2) is 24.4 Å². The van der Waals surface area contributed by atoms with Gasteiger partial charge in [0.05, 0.1) is 16.8 Å². The van der Waals surface area contributed by atoms with Crippen LogP contribution in [0.25, 0.3) is 11.3 Å². The van der Waals surface area contributed by atoms with Gasteiger partial charge in [-0.1, -0.05) is 12.1 Å². The molecule has 0 atom stereocenters. The number of benzene rings is 1. The first-order chi connectivity index (χ1) is 8.08. The van der Waals surface area contributed by atoms with Crippen LogP contribution >= 0.6 is 0 Å². The van der Waals surface area contributed by atoms with Gasteiger partial charge in [0.1, 0.15) is 0 Å². The summed E-state index contributed by atoms with van der Waals surface area (Å²) in [6.07, 6.45) is 1.41. The number of hydrogen-bond donors (Lipinski definition) is 1. The van der Waals surface area contributed by atoms with Crippen LogP contribution in [0.1, 0.15) is 5.56 Å². The van der Waals surface area contributed by atoms with E-state index >= 15 is 0 Å². The van der Waals surface area contributed by atoms with Crippen LogP contribution in [0, 0.1) is 17.0 Å².